The molecular formula is C15H11F3N2O3S. The van der Waals surface area contributed by atoms with Gasteiger partial charge in [0.1, 0.15) is 5.75 Å². The first-order valence-electron chi connectivity index (χ1n) is 6.73. The fourth-order valence-corrected chi connectivity index (χ4v) is 2.66. The van der Waals surface area contributed by atoms with Gasteiger partial charge in [0, 0.05) is 5.56 Å². The molecule has 2 aromatic heterocycles. The van der Waals surface area contributed by atoms with E-state index < -0.39 is 12.1 Å². The van der Waals surface area contributed by atoms with E-state index in [0.717, 1.165) is 0 Å². The SMILES string of the molecule is CSCn1c(=O)oc2ccc(-c3ccc(OC(F)(F)F)cc3)nc21. The number of aromatic nitrogens is 2. The van der Waals surface area contributed by atoms with Gasteiger partial charge in [-0.3, -0.25) is 0 Å². The molecule has 3 rings (SSSR count). The van der Waals surface area contributed by atoms with Crippen molar-refractivity contribution in [2.24, 2.45) is 0 Å². The van der Waals surface area contributed by atoms with E-state index in [-0.39, 0.29) is 5.75 Å². The third-order valence-corrected chi connectivity index (χ3v) is 3.67. The minimum atomic E-state index is -4.73. The van der Waals surface area contributed by atoms with E-state index in [4.69, 9.17) is 4.42 Å². The van der Waals surface area contributed by atoms with Gasteiger partial charge in [0.15, 0.2) is 11.2 Å². The van der Waals surface area contributed by atoms with Crippen molar-refractivity contribution in [3.63, 3.8) is 0 Å². The number of rotatable bonds is 4. The van der Waals surface area contributed by atoms with Crippen LogP contribution in [0.1, 0.15) is 0 Å². The number of fused-ring (bicyclic) bond motifs is 1. The second kappa shape index (κ2) is 6.23. The molecule has 3 aromatic rings. The highest BCUT2D eigenvalue weighted by molar-refractivity contribution is 7.97. The summed E-state index contributed by atoms with van der Waals surface area (Å²) in [6, 6.07) is 8.58. The number of oxazole rings is 1. The molecule has 126 valence electrons. The van der Waals surface area contributed by atoms with Crippen LogP contribution in [0, 0.1) is 0 Å². The Balaban J connectivity index is 1.97. The zero-order valence-corrected chi connectivity index (χ0v) is 13.1. The van der Waals surface area contributed by atoms with E-state index in [1.165, 1.54) is 40.6 Å². The van der Waals surface area contributed by atoms with Crippen LogP contribution in [0.15, 0.2) is 45.6 Å². The van der Waals surface area contributed by atoms with Crippen molar-refractivity contribution in [2.45, 2.75) is 12.2 Å². The molecule has 0 bridgehead atoms. The highest BCUT2D eigenvalue weighted by atomic mass is 32.2. The van der Waals surface area contributed by atoms with Gasteiger partial charge in [-0.1, -0.05) is 0 Å². The van der Waals surface area contributed by atoms with E-state index in [1.807, 2.05) is 6.26 Å². The van der Waals surface area contributed by atoms with Crippen molar-refractivity contribution >= 4 is 23.0 Å². The molecule has 0 spiro atoms. The van der Waals surface area contributed by atoms with Crippen LogP contribution in [0.4, 0.5) is 13.2 Å². The topological polar surface area (TPSA) is 57.3 Å². The molecule has 2 heterocycles. The van der Waals surface area contributed by atoms with Crippen LogP contribution in [-0.2, 0) is 5.88 Å². The van der Waals surface area contributed by atoms with Gasteiger partial charge < -0.3 is 9.15 Å². The summed E-state index contributed by atoms with van der Waals surface area (Å²) in [7, 11) is 0. The van der Waals surface area contributed by atoms with Gasteiger partial charge in [0.25, 0.3) is 0 Å². The Morgan fingerprint density at radius 2 is 1.92 bits per heavy atom. The summed E-state index contributed by atoms with van der Waals surface area (Å²) in [6.07, 6.45) is -2.89. The van der Waals surface area contributed by atoms with E-state index in [0.29, 0.717) is 28.4 Å². The molecular weight excluding hydrogens is 345 g/mol. The zero-order valence-electron chi connectivity index (χ0n) is 12.3. The summed E-state index contributed by atoms with van der Waals surface area (Å²) < 4.78 is 46.9. The Morgan fingerprint density at radius 3 is 2.54 bits per heavy atom. The molecule has 0 radical (unpaired) electrons. The molecule has 0 saturated heterocycles. The van der Waals surface area contributed by atoms with Crippen molar-refractivity contribution < 1.29 is 22.3 Å². The van der Waals surface area contributed by atoms with Crippen LogP contribution >= 0.6 is 11.8 Å². The van der Waals surface area contributed by atoms with Crippen LogP contribution in [0.2, 0.25) is 0 Å². The number of ether oxygens (including phenoxy) is 1. The maximum atomic E-state index is 12.2. The van der Waals surface area contributed by atoms with Crippen molar-refractivity contribution in [3.8, 4) is 17.0 Å². The molecule has 0 N–H and O–H groups in total. The van der Waals surface area contributed by atoms with Crippen LogP contribution < -0.4 is 10.5 Å². The number of hydrogen-bond donors (Lipinski definition) is 0. The molecule has 24 heavy (non-hydrogen) atoms. The first-order chi connectivity index (χ1) is 11.4. The zero-order chi connectivity index (χ0) is 17.3. The smallest absolute Gasteiger partial charge is 0.406 e. The minimum Gasteiger partial charge on any atom is -0.406 e. The lowest BCUT2D eigenvalue weighted by Crippen LogP contribution is -2.16. The van der Waals surface area contributed by atoms with E-state index in [1.54, 1.807) is 12.1 Å². The predicted molar refractivity (Wildman–Crippen MR) is 83.9 cm³/mol. The first-order valence-corrected chi connectivity index (χ1v) is 8.12. The molecule has 0 aliphatic heterocycles. The van der Waals surface area contributed by atoms with Crippen molar-refractivity contribution in [3.05, 3.63) is 46.9 Å². The number of nitrogens with zero attached hydrogens (tertiary/aromatic N) is 2. The monoisotopic (exact) mass is 356 g/mol. The average molecular weight is 356 g/mol. The Labute approximate surface area is 138 Å². The third-order valence-electron chi connectivity index (χ3n) is 3.15. The summed E-state index contributed by atoms with van der Waals surface area (Å²) in [5.74, 6) is -0.423. The van der Waals surface area contributed by atoms with Crippen LogP contribution in [0.5, 0.6) is 5.75 Å². The van der Waals surface area contributed by atoms with Crippen LogP contribution in [0.3, 0.4) is 0 Å². The molecule has 1 aromatic carbocycles. The van der Waals surface area contributed by atoms with Gasteiger partial charge in [-0.15, -0.1) is 24.9 Å². The predicted octanol–water partition coefficient (Wildman–Crippen LogP) is 3.88. The van der Waals surface area contributed by atoms with Crippen molar-refractivity contribution in [2.75, 3.05) is 6.26 Å². The van der Waals surface area contributed by atoms with E-state index in [2.05, 4.69) is 9.72 Å². The maximum Gasteiger partial charge on any atom is 0.573 e. The second-order valence-electron chi connectivity index (χ2n) is 4.80. The molecule has 0 amide bonds. The highest BCUT2D eigenvalue weighted by Gasteiger charge is 2.31. The second-order valence-corrected chi connectivity index (χ2v) is 5.64. The van der Waals surface area contributed by atoms with Gasteiger partial charge in [-0.2, -0.15) is 0 Å². The average Bonchev–Trinajstić information content (AvgIpc) is 2.82. The Morgan fingerprint density at radius 1 is 1.21 bits per heavy atom. The number of halogens is 3. The fourth-order valence-electron chi connectivity index (χ4n) is 2.18. The molecule has 0 fully saturated rings. The normalized spacial score (nSPS) is 11.8. The lowest BCUT2D eigenvalue weighted by molar-refractivity contribution is -0.274. The number of benzene rings is 1. The molecule has 5 nitrogen and oxygen atoms in total. The van der Waals surface area contributed by atoms with Gasteiger partial charge >= 0.3 is 12.1 Å². The largest absolute Gasteiger partial charge is 0.573 e. The Bertz CT molecular complexity index is 916. The standard InChI is InChI=1S/C15H11F3N2O3S/c1-24-8-20-13-12(22-14(20)21)7-6-11(19-13)9-2-4-10(5-3-9)23-15(16,17)18/h2-7H,8H2,1H3. The molecule has 0 aliphatic rings. The lowest BCUT2D eigenvalue weighted by atomic mass is 10.1. The highest BCUT2D eigenvalue weighted by Crippen LogP contribution is 2.26. The number of alkyl halides is 3. The van der Waals surface area contributed by atoms with Gasteiger partial charge in [-0.05, 0) is 42.7 Å². The van der Waals surface area contributed by atoms with Crippen molar-refractivity contribution in [1.82, 2.24) is 9.55 Å². The van der Waals surface area contributed by atoms with Gasteiger partial charge in [0.2, 0.25) is 0 Å². The summed E-state index contributed by atoms with van der Waals surface area (Å²) >= 11 is 1.44. The molecule has 0 saturated carbocycles. The quantitative estimate of drug-likeness (QED) is 0.710. The molecule has 0 unspecified atom stereocenters. The molecule has 0 atom stereocenters. The maximum absolute atomic E-state index is 12.2. The summed E-state index contributed by atoms with van der Waals surface area (Å²) in [6.45, 7) is 0. The third kappa shape index (κ3) is 3.40. The summed E-state index contributed by atoms with van der Waals surface area (Å²) in [5.41, 5.74) is 1.85. The number of hydrogen-bond acceptors (Lipinski definition) is 5. The molecule has 9 heteroatoms. The van der Waals surface area contributed by atoms with E-state index >= 15 is 0 Å². The number of pyridine rings is 1. The Kier molecular flexibility index (Phi) is 4.27. The van der Waals surface area contributed by atoms with E-state index in [9.17, 15) is 18.0 Å². The summed E-state index contributed by atoms with van der Waals surface area (Å²) in [5, 5.41) is 0. The lowest BCUT2D eigenvalue weighted by Gasteiger charge is -2.09. The Hall–Kier alpha value is -2.42. The first kappa shape index (κ1) is 16.4. The minimum absolute atomic E-state index is 0.310. The van der Waals surface area contributed by atoms with Crippen LogP contribution in [0.25, 0.3) is 22.5 Å². The molecule has 0 aliphatic carbocycles. The summed E-state index contributed by atoms with van der Waals surface area (Å²) in [4.78, 5) is 16.2. The van der Waals surface area contributed by atoms with Gasteiger partial charge in [-0.25, -0.2) is 14.3 Å². The van der Waals surface area contributed by atoms with Gasteiger partial charge in [0.05, 0.1) is 11.6 Å². The van der Waals surface area contributed by atoms with Crippen molar-refractivity contribution in [1.29, 1.82) is 0 Å². The fraction of sp³-hybridized carbons (Fsp3) is 0.200. The van der Waals surface area contributed by atoms with Crippen LogP contribution in [-0.4, -0.2) is 22.2 Å². The number of thioether (sulfide) groups is 1.